The van der Waals surface area contributed by atoms with Crippen molar-refractivity contribution in [1.82, 2.24) is 4.98 Å². The smallest absolute Gasteiger partial charge is 0.230 e. The third-order valence-electron chi connectivity index (χ3n) is 4.17. The van der Waals surface area contributed by atoms with Crippen LogP contribution in [0, 0.1) is 5.92 Å². The number of methoxy groups -OCH3 is 1. The second-order valence-electron chi connectivity index (χ2n) is 5.69. The van der Waals surface area contributed by atoms with Gasteiger partial charge in [0.05, 0.1) is 6.61 Å². The molecule has 2 aromatic rings. The van der Waals surface area contributed by atoms with Crippen molar-refractivity contribution in [2.45, 2.75) is 12.3 Å². The lowest BCUT2D eigenvalue weighted by atomic mass is 10.1. The fraction of sp³-hybridized carbons (Fsp3) is 0.333. The minimum atomic E-state index is 0.0289. The van der Waals surface area contributed by atoms with Crippen molar-refractivity contribution in [1.29, 1.82) is 0 Å². The number of nitrogens with zero attached hydrogens (tertiary/aromatic N) is 2. The average Bonchev–Trinajstić information content (AvgIpc) is 3.37. The predicted molar refractivity (Wildman–Crippen MR) is 90.8 cm³/mol. The van der Waals surface area contributed by atoms with E-state index in [0.29, 0.717) is 13.2 Å². The number of hydrogen-bond acceptors (Lipinski definition) is 3. The van der Waals surface area contributed by atoms with Crippen molar-refractivity contribution < 1.29 is 9.53 Å². The lowest BCUT2D eigenvalue weighted by molar-refractivity contribution is -0.120. The molecule has 0 bridgehead atoms. The molecular formula is C18H19ClN2O2. The van der Waals surface area contributed by atoms with Crippen molar-refractivity contribution in [3.05, 3.63) is 59.4 Å². The van der Waals surface area contributed by atoms with E-state index >= 15 is 0 Å². The molecule has 23 heavy (non-hydrogen) atoms. The lowest BCUT2D eigenvalue weighted by Gasteiger charge is -2.22. The SMILES string of the molecule is COCCN(C(=O)[C@@H]1C[C@H]1c1ccc(Cl)cc1)c1ccncc1. The van der Waals surface area contributed by atoms with E-state index in [4.69, 9.17) is 16.3 Å². The summed E-state index contributed by atoms with van der Waals surface area (Å²) in [6.45, 7) is 1.05. The molecule has 0 spiro atoms. The van der Waals surface area contributed by atoms with Gasteiger partial charge < -0.3 is 9.64 Å². The molecule has 1 fully saturated rings. The molecule has 0 saturated heterocycles. The zero-order chi connectivity index (χ0) is 16.2. The third-order valence-corrected chi connectivity index (χ3v) is 4.42. The Kier molecular flexibility index (Phi) is 4.94. The molecule has 1 saturated carbocycles. The van der Waals surface area contributed by atoms with Crippen LogP contribution in [-0.2, 0) is 9.53 Å². The molecule has 5 heteroatoms. The molecule has 0 aliphatic heterocycles. The first-order valence-corrected chi connectivity index (χ1v) is 8.04. The quantitative estimate of drug-likeness (QED) is 0.814. The van der Waals surface area contributed by atoms with Crippen molar-refractivity contribution in [2.24, 2.45) is 5.92 Å². The van der Waals surface area contributed by atoms with Crippen LogP contribution in [0.5, 0.6) is 0 Å². The Morgan fingerprint density at radius 1 is 1.26 bits per heavy atom. The zero-order valence-corrected chi connectivity index (χ0v) is 13.7. The minimum Gasteiger partial charge on any atom is -0.383 e. The van der Waals surface area contributed by atoms with Crippen LogP contribution in [-0.4, -0.2) is 31.2 Å². The van der Waals surface area contributed by atoms with Crippen molar-refractivity contribution >= 4 is 23.2 Å². The number of anilines is 1. The summed E-state index contributed by atoms with van der Waals surface area (Å²) in [6.07, 6.45) is 4.28. The number of benzene rings is 1. The fourth-order valence-corrected chi connectivity index (χ4v) is 2.95. The number of carbonyl (C=O) groups excluding carboxylic acids is 1. The number of halogens is 1. The molecule has 1 aliphatic carbocycles. The van der Waals surface area contributed by atoms with Gasteiger partial charge in [0.2, 0.25) is 5.91 Å². The molecule has 120 valence electrons. The Hall–Kier alpha value is -1.91. The summed E-state index contributed by atoms with van der Waals surface area (Å²) < 4.78 is 5.14. The summed E-state index contributed by atoms with van der Waals surface area (Å²) in [5.41, 5.74) is 2.04. The number of aromatic nitrogens is 1. The van der Waals surface area contributed by atoms with Gasteiger partial charge in [0.25, 0.3) is 0 Å². The summed E-state index contributed by atoms with van der Waals surface area (Å²) in [5.74, 6) is 0.459. The van der Waals surface area contributed by atoms with Crippen LogP contribution in [0.3, 0.4) is 0 Å². The molecule has 0 unspecified atom stereocenters. The van der Waals surface area contributed by atoms with Crippen LogP contribution in [0.4, 0.5) is 5.69 Å². The Balaban J connectivity index is 1.73. The van der Waals surface area contributed by atoms with Crippen molar-refractivity contribution in [3.63, 3.8) is 0 Å². The molecule has 0 N–H and O–H groups in total. The number of amides is 1. The van der Waals surface area contributed by atoms with Gasteiger partial charge in [-0.2, -0.15) is 0 Å². The summed E-state index contributed by atoms with van der Waals surface area (Å²) >= 11 is 5.93. The molecule has 1 aromatic carbocycles. The maximum absolute atomic E-state index is 12.9. The first kappa shape index (κ1) is 16.0. The molecule has 1 aromatic heterocycles. The Morgan fingerprint density at radius 3 is 2.61 bits per heavy atom. The molecule has 1 aliphatic rings. The van der Waals surface area contributed by atoms with Crippen LogP contribution in [0.15, 0.2) is 48.8 Å². The lowest BCUT2D eigenvalue weighted by Crippen LogP contribution is -2.35. The Labute approximate surface area is 141 Å². The highest BCUT2D eigenvalue weighted by Crippen LogP contribution is 2.49. The monoisotopic (exact) mass is 330 g/mol. The second kappa shape index (κ2) is 7.11. The van der Waals surface area contributed by atoms with Gasteiger partial charge in [-0.3, -0.25) is 9.78 Å². The van der Waals surface area contributed by atoms with Gasteiger partial charge in [-0.15, -0.1) is 0 Å². The summed E-state index contributed by atoms with van der Waals surface area (Å²) in [5, 5.41) is 0.718. The fourth-order valence-electron chi connectivity index (χ4n) is 2.82. The summed E-state index contributed by atoms with van der Waals surface area (Å²) in [4.78, 5) is 18.7. The largest absolute Gasteiger partial charge is 0.383 e. The van der Waals surface area contributed by atoms with Crippen LogP contribution >= 0.6 is 11.6 Å². The Morgan fingerprint density at radius 2 is 1.96 bits per heavy atom. The van der Waals surface area contributed by atoms with E-state index in [-0.39, 0.29) is 17.7 Å². The molecular weight excluding hydrogens is 312 g/mol. The van der Waals surface area contributed by atoms with E-state index in [1.165, 1.54) is 5.56 Å². The topological polar surface area (TPSA) is 42.4 Å². The standard InChI is InChI=1S/C18H19ClN2O2/c1-23-11-10-21(15-6-8-20-9-7-15)18(22)17-12-16(17)13-2-4-14(19)5-3-13/h2-9,16-17H,10-12H2,1H3/t16-,17+/m0/s1. The molecule has 4 nitrogen and oxygen atoms in total. The highest BCUT2D eigenvalue weighted by atomic mass is 35.5. The highest BCUT2D eigenvalue weighted by Gasteiger charge is 2.45. The average molecular weight is 331 g/mol. The number of ether oxygens (including phenoxy) is 1. The van der Waals surface area contributed by atoms with Gasteiger partial charge in [-0.1, -0.05) is 23.7 Å². The predicted octanol–water partition coefficient (Wildman–Crippen LogP) is 3.52. The van der Waals surface area contributed by atoms with Gasteiger partial charge in [0, 0.05) is 42.7 Å². The molecule has 2 atom stereocenters. The Bertz CT molecular complexity index is 660. The first-order valence-electron chi connectivity index (χ1n) is 7.66. The maximum atomic E-state index is 12.9. The molecule has 0 radical (unpaired) electrons. The van der Waals surface area contributed by atoms with Crippen LogP contribution in [0.1, 0.15) is 17.9 Å². The summed E-state index contributed by atoms with van der Waals surface area (Å²) in [6, 6.07) is 11.5. The van der Waals surface area contributed by atoms with Crippen LogP contribution < -0.4 is 4.90 Å². The van der Waals surface area contributed by atoms with Crippen molar-refractivity contribution in [3.8, 4) is 0 Å². The zero-order valence-electron chi connectivity index (χ0n) is 13.0. The summed E-state index contributed by atoms with van der Waals surface area (Å²) in [7, 11) is 1.64. The van der Waals surface area contributed by atoms with E-state index in [9.17, 15) is 4.79 Å². The number of rotatable bonds is 6. The van der Waals surface area contributed by atoms with Crippen LogP contribution in [0.2, 0.25) is 5.02 Å². The van der Waals surface area contributed by atoms with Gasteiger partial charge in [0.15, 0.2) is 0 Å². The van der Waals surface area contributed by atoms with Gasteiger partial charge >= 0.3 is 0 Å². The first-order chi connectivity index (χ1) is 11.2. The number of pyridine rings is 1. The number of carbonyl (C=O) groups is 1. The van der Waals surface area contributed by atoms with Gasteiger partial charge in [0.1, 0.15) is 0 Å². The maximum Gasteiger partial charge on any atom is 0.230 e. The van der Waals surface area contributed by atoms with Gasteiger partial charge in [-0.25, -0.2) is 0 Å². The number of hydrogen-bond donors (Lipinski definition) is 0. The van der Waals surface area contributed by atoms with E-state index in [0.717, 1.165) is 17.1 Å². The third kappa shape index (κ3) is 3.71. The van der Waals surface area contributed by atoms with E-state index in [1.807, 2.05) is 36.4 Å². The second-order valence-corrected chi connectivity index (χ2v) is 6.12. The van der Waals surface area contributed by atoms with E-state index in [2.05, 4.69) is 4.98 Å². The van der Waals surface area contributed by atoms with Crippen LogP contribution in [0.25, 0.3) is 0 Å². The minimum absolute atomic E-state index is 0.0289. The normalized spacial score (nSPS) is 19.4. The molecule has 1 heterocycles. The molecule has 3 rings (SSSR count). The molecule has 1 amide bonds. The van der Waals surface area contributed by atoms with E-state index < -0.39 is 0 Å². The van der Waals surface area contributed by atoms with Crippen molar-refractivity contribution in [2.75, 3.05) is 25.2 Å². The van der Waals surface area contributed by atoms with Gasteiger partial charge in [-0.05, 0) is 42.2 Å². The van der Waals surface area contributed by atoms with E-state index in [1.54, 1.807) is 24.4 Å². The highest BCUT2D eigenvalue weighted by molar-refractivity contribution is 6.30.